The minimum Gasteiger partial charge on any atom is -0.506 e. The molecule has 0 aliphatic heterocycles. The Labute approximate surface area is 172 Å². The summed E-state index contributed by atoms with van der Waals surface area (Å²) < 4.78 is 5.68. The zero-order valence-electron chi connectivity index (χ0n) is 18.1. The smallest absolute Gasteiger partial charge is 0.221 e. The number of hydrogen-bond acceptors (Lipinski definition) is 3. The molecule has 0 spiro atoms. The van der Waals surface area contributed by atoms with Crippen LogP contribution in [0.1, 0.15) is 104 Å². The van der Waals surface area contributed by atoms with E-state index in [2.05, 4.69) is 12.2 Å². The fourth-order valence-electron chi connectivity index (χ4n) is 3.38. The van der Waals surface area contributed by atoms with Gasteiger partial charge in [-0.1, -0.05) is 90.4 Å². The van der Waals surface area contributed by atoms with Crippen LogP contribution in [0.2, 0.25) is 0 Å². The monoisotopic (exact) mass is 391 g/mol. The minimum absolute atomic E-state index is 0.0358. The predicted octanol–water partition coefficient (Wildman–Crippen LogP) is 7.21. The van der Waals surface area contributed by atoms with Gasteiger partial charge in [0.25, 0.3) is 0 Å². The first-order valence-corrected chi connectivity index (χ1v) is 11.4. The molecule has 0 saturated heterocycles. The predicted molar refractivity (Wildman–Crippen MR) is 118 cm³/mol. The van der Waals surface area contributed by atoms with E-state index in [4.69, 9.17) is 4.74 Å². The average molecular weight is 392 g/mol. The van der Waals surface area contributed by atoms with Crippen LogP contribution in [0.4, 0.5) is 5.69 Å². The molecule has 0 saturated carbocycles. The van der Waals surface area contributed by atoms with Gasteiger partial charge in [-0.2, -0.15) is 0 Å². The maximum atomic E-state index is 11.0. The van der Waals surface area contributed by atoms with Gasteiger partial charge in [0, 0.05) is 13.0 Å². The van der Waals surface area contributed by atoms with E-state index < -0.39 is 0 Å². The van der Waals surface area contributed by atoms with Crippen molar-refractivity contribution in [1.82, 2.24) is 0 Å². The van der Waals surface area contributed by atoms with Crippen molar-refractivity contribution < 1.29 is 14.6 Å². The first kappa shape index (κ1) is 24.3. The molecule has 0 fully saturated rings. The number of anilines is 1. The fraction of sp³-hybridized carbons (Fsp3) is 0.708. The lowest BCUT2D eigenvalue weighted by atomic mass is 10.0. The Balaban J connectivity index is 1.91. The van der Waals surface area contributed by atoms with E-state index in [-0.39, 0.29) is 11.7 Å². The first-order chi connectivity index (χ1) is 13.6. The van der Waals surface area contributed by atoms with E-state index in [1.165, 1.54) is 90.4 Å². The van der Waals surface area contributed by atoms with Crippen molar-refractivity contribution in [3.8, 4) is 11.5 Å². The molecule has 0 aromatic heterocycles. The van der Waals surface area contributed by atoms with Crippen LogP contribution in [0.5, 0.6) is 11.5 Å². The number of aromatic hydroxyl groups is 1. The molecule has 4 nitrogen and oxygen atoms in total. The van der Waals surface area contributed by atoms with Crippen molar-refractivity contribution in [2.45, 2.75) is 104 Å². The van der Waals surface area contributed by atoms with Crippen LogP contribution < -0.4 is 10.1 Å². The zero-order chi connectivity index (χ0) is 20.5. The van der Waals surface area contributed by atoms with E-state index in [1.54, 1.807) is 18.2 Å². The van der Waals surface area contributed by atoms with Crippen molar-refractivity contribution >= 4 is 11.6 Å². The van der Waals surface area contributed by atoms with Crippen LogP contribution >= 0.6 is 0 Å². The van der Waals surface area contributed by atoms with Gasteiger partial charge in [-0.05, 0) is 18.6 Å². The van der Waals surface area contributed by atoms with Gasteiger partial charge in [0.2, 0.25) is 5.91 Å². The summed E-state index contributed by atoms with van der Waals surface area (Å²) in [5.41, 5.74) is 0.413. The molecule has 1 aromatic carbocycles. The Kier molecular flexibility index (Phi) is 14.1. The molecule has 0 unspecified atom stereocenters. The quantitative estimate of drug-likeness (QED) is 0.218. The van der Waals surface area contributed by atoms with E-state index in [0.29, 0.717) is 18.0 Å². The van der Waals surface area contributed by atoms with Gasteiger partial charge < -0.3 is 15.2 Å². The molecule has 2 N–H and O–H groups in total. The standard InChI is InChI=1S/C24H41NO3/c1-3-4-5-6-7-8-9-10-11-12-13-14-15-16-19-28-22-17-18-23(24(27)20-22)25-21(2)26/h17-18,20,27H,3-16,19H2,1-2H3,(H,25,26). The Morgan fingerprint density at radius 1 is 0.857 bits per heavy atom. The van der Waals surface area contributed by atoms with Crippen LogP contribution in [0.15, 0.2) is 18.2 Å². The molecule has 1 rings (SSSR count). The highest BCUT2D eigenvalue weighted by Crippen LogP contribution is 2.28. The maximum Gasteiger partial charge on any atom is 0.221 e. The number of ether oxygens (including phenoxy) is 1. The lowest BCUT2D eigenvalue weighted by molar-refractivity contribution is -0.114. The molecule has 0 heterocycles. The lowest BCUT2D eigenvalue weighted by Crippen LogP contribution is -2.06. The van der Waals surface area contributed by atoms with Gasteiger partial charge in [-0.3, -0.25) is 4.79 Å². The third-order valence-electron chi connectivity index (χ3n) is 5.05. The molecule has 0 atom stereocenters. The highest BCUT2D eigenvalue weighted by atomic mass is 16.5. The number of benzene rings is 1. The van der Waals surface area contributed by atoms with E-state index in [0.717, 1.165) is 6.42 Å². The Bertz CT molecular complexity index is 531. The summed E-state index contributed by atoms with van der Waals surface area (Å²) in [4.78, 5) is 11.0. The number of phenolic OH excluding ortho intramolecular Hbond substituents is 1. The highest BCUT2D eigenvalue weighted by Gasteiger charge is 2.04. The maximum absolute atomic E-state index is 11.0. The number of rotatable bonds is 17. The van der Waals surface area contributed by atoms with Crippen LogP contribution in [0.3, 0.4) is 0 Å². The van der Waals surface area contributed by atoms with Crippen LogP contribution in [-0.2, 0) is 4.79 Å². The summed E-state index contributed by atoms with van der Waals surface area (Å²) in [6.45, 7) is 4.35. The molecule has 4 heteroatoms. The number of carbonyl (C=O) groups is 1. The topological polar surface area (TPSA) is 58.6 Å². The van der Waals surface area contributed by atoms with Gasteiger partial charge in [0.1, 0.15) is 11.5 Å². The summed E-state index contributed by atoms with van der Waals surface area (Å²) in [6.07, 6.45) is 18.8. The summed E-state index contributed by atoms with van der Waals surface area (Å²) >= 11 is 0. The van der Waals surface area contributed by atoms with Crippen molar-refractivity contribution in [2.75, 3.05) is 11.9 Å². The van der Waals surface area contributed by atoms with Crippen molar-refractivity contribution in [3.63, 3.8) is 0 Å². The second-order valence-corrected chi connectivity index (χ2v) is 7.80. The van der Waals surface area contributed by atoms with Gasteiger partial charge in [-0.25, -0.2) is 0 Å². The van der Waals surface area contributed by atoms with E-state index >= 15 is 0 Å². The average Bonchev–Trinajstić information content (AvgIpc) is 2.66. The molecule has 0 aliphatic carbocycles. The Hall–Kier alpha value is -1.71. The van der Waals surface area contributed by atoms with Gasteiger partial charge in [0.15, 0.2) is 0 Å². The number of unbranched alkanes of at least 4 members (excludes halogenated alkanes) is 13. The van der Waals surface area contributed by atoms with Crippen molar-refractivity contribution in [2.24, 2.45) is 0 Å². The van der Waals surface area contributed by atoms with Gasteiger partial charge in [0.05, 0.1) is 12.3 Å². The number of amides is 1. The van der Waals surface area contributed by atoms with Crippen LogP contribution in [0, 0.1) is 0 Å². The number of hydrogen-bond donors (Lipinski definition) is 2. The molecule has 0 radical (unpaired) electrons. The largest absolute Gasteiger partial charge is 0.506 e. The SMILES string of the molecule is CCCCCCCCCCCCCCCCOc1ccc(NC(C)=O)c(O)c1. The van der Waals surface area contributed by atoms with E-state index in [1.807, 2.05) is 0 Å². The highest BCUT2D eigenvalue weighted by molar-refractivity contribution is 5.90. The number of carbonyl (C=O) groups excluding carboxylic acids is 1. The number of nitrogens with one attached hydrogen (secondary N) is 1. The molecule has 28 heavy (non-hydrogen) atoms. The normalized spacial score (nSPS) is 10.8. The van der Waals surface area contributed by atoms with Crippen molar-refractivity contribution in [3.05, 3.63) is 18.2 Å². The zero-order valence-corrected chi connectivity index (χ0v) is 18.1. The molecule has 1 aromatic rings. The minimum atomic E-state index is -0.202. The third-order valence-corrected chi connectivity index (χ3v) is 5.05. The molecule has 0 aliphatic rings. The Morgan fingerprint density at radius 3 is 1.82 bits per heavy atom. The summed E-state index contributed by atoms with van der Waals surface area (Å²) in [7, 11) is 0. The summed E-state index contributed by atoms with van der Waals surface area (Å²) in [5.74, 6) is 0.473. The van der Waals surface area contributed by atoms with Crippen molar-refractivity contribution in [1.29, 1.82) is 0 Å². The molecule has 160 valence electrons. The number of phenols is 1. The molecular weight excluding hydrogens is 350 g/mol. The molecule has 1 amide bonds. The Morgan fingerprint density at radius 2 is 1.36 bits per heavy atom. The second kappa shape index (κ2) is 16.3. The molecular formula is C24H41NO3. The summed E-state index contributed by atoms with van der Waals surface area (Å²) in [6, 6.07) is 4.99. The van der Waals surface area contributed by atoms with Gasteiger partial charge in [-0.15, -0.1) is 0 Å². The summed E-state index contributed by atoms with van der Waals surface area (Å²) in [5, 5.41) is 12.4. The van der Waals surface area contributed by atoms with Crippen LogP contribution in [0.25, 0.3) is 0 Å². The van der Waals surface area contributed by atoms with E-state index in [9.17, 15) is 9.90 Å². The molecule has 0 bridgehead atoms. The fourth-order valence-corrected chi connectivity index (χ4v) is 3.38. The van der Waals surface area contributed by atoms with Gasteiger partial charge >= 0.3 is 0 Å². The second-order valence-electron chi connectivity index (χ2n) is 7.80. The first-order valence-electron chi connectivity index (χ1n) is 11.4. The third kappa shape index (κ3) is 12.6. The van der Waals surface area contributed by atoms with Crippen LogP contribution in [-0.4, -0.2) is 17.6 Å². The lowest BCUT2D eigenvalue weighted by Gasteiger charge is -2.09.